The number of benzene rings is 1. The fourth-order valence-corrected chi connectivity index (χ4v) is 2.28. The van der Waals surface area contributed by atoms with E-state index in [1.54, 1.807) is 32.9 Å². The molecule has 6 nitrogen and oxygen atoms in total. The van der Waals surface area contributed by atoms with Gasteiger partial charge in [-0.15, -0.1) is 10.2 Å². The minimum atomic E-state index is -0.567. The third-order valence-electron chi connectivity index (χ3n) is 2.26. The summed E-state index contributed by atoms with van der Waals surface area (Å²) in [7, 11) is 0. The lowest BCUT2D eigenvalue weighted by Gasteiger charge is -2.18. The highest BCUT2D eigenvalue weighted by atomic mass is 35.5. The first-order valence-corrected chi connectivity index (χ1v) is 7.72. The smallest absolute Gasteiger partial charge is 0.414 e. The van der Waals surface area contributed by atoms with Gasteiger partial charge in [0.15, 0.2) is 5.01 Å². The van der Waals surface area contributed by atoms with Crippen LogP contribution in [0, 0.1) is 0 Å². The van der Waals surface area contributed by atoms with Crippen LogP contribution in [0.5, 0.6) is 5.75 Å². The Balaban J connectivity index is 1.89. The lowest BCUT2D eigenvalue weighted by Crippen LogP contribution is -2.27. The number of hydrogen-bond donors (Lipinski definition) is 1. The Labute approximate surface area is 137 Å². The molecule has 1 aromatic heterocycles. The van der Waals surface area contributed by atoms with Crippen LogP contribution in [-0.4, -0.2) is 21.9 Å². The van der Waals surface area contributed by atoms with E-state index in [1.165, 1.54) is 11.3 Å². The number of carbonyl (C=O) groups excluding carboxylic acids is 1. The van der Waals surface area contributed by atoms with E-state index in [2.05, 4.69) is 15.5 Å². The Morgan fingerprint density at radius 3 is 2.73 bits per heavy atom. The SMILES string of the molecule is CC(C)(C)OC(=O)Nc1nnc(COc2ccccc2Cl)s1. The fourth-order valence-electron chi connectivity index (χ4n) is 1.45. The van der Waals surface area contributed by atoms with Gasteiger partial charge in [-0.3, -0.25) is 5.32 Å². The van der Waals surface area contributed by atoms with Crippen LogP contribution in [0.2, 0.25) is 5.02 Å². The zero-order valence-electron chi connectivity index (χ0n) is 12.4. The van der Waals surface area contributed by atoms with E-state index in [0.29, 0.717) is 20.9 Å². The van der Waals surface area contributed by atoms with Crippen LogP contribution in [0.15, 0.2) is 24.3 Å². The lowest BCUT2D eigenvalue weighted by molar-refractivity contribution is 0.0636. The molecule has 0 aliphatic heterocycles. The van der Waals surface area contributed by atoms with Gasteiger partial charge >= 0.3 is 6.09 Å². The zero-order valence-corrected chi connectivity index (χ0v) is 14.0. The first kappa shape index (κ1) is 16.5. The first-order valence-electron chi connectivity index (χ1n) is 6.53. The summed E-state index contributed by atoms with van der Waals surface area (Å²) in [6.45, 7) is 5.58. The number of para-hydroxylation sites is 1. The molecule has 0 aliphatic carbocycles. The summed E-state index contributed by atoms with van der Waals surface area (Å²) in [5, 5.41) is 11.8. The Kier molecular flexibility index (Phi) is 5.20. The number of carbonyl (C=O) groups is 1. The highest BCUT2D eigenvalue weighted by Gasteiger charge is 2.17. The molecule has 0 saturated carbocycles. The van der Waals surface area contributed by atoms with Crippen molar-refractivity contribution in [2.24, 2.45) is 0 Å². The maximum absolute atomic E-state index is 11.6. The average Bonchev–Trinajstić information content (AvgIpc) is 2.83. The normalized spacial score (nSPS) is 11.1. The van der Waals surface area contributed by atoms with Crippen molar-refractivity contribution in [3.05, 3.63) is 34.3 Å². The highest BCUT2D eigenvalue weighted by Crippen LogP contribution is 2.25. The summed E-state index contributed by atoms with van der Waals surface area (Å²) < 4.78 is 10.7. The topological polar surface area (TPSA) is 73.3 Å². The summed E-state index contributed by atoms with van der Waals surface area (Å²) in [5.41, 5.74) is -0.565. The largest absolute Gasteiger partial charge is 0.485 e. The molecule has 22 heavy (non-hydrogen) atoms. The molecule has 8 heteroatoms. The molecule has 0 atom stereocenters. The molecule has 0 radical (unpaired) electrons. The van der Waals surface area contributed by atoms with Crippen molar-refractivity contribution in [1.29, 1.82) is 0 Å². The summed E-state index contributed by atoms with van der Waals surface area (Å²) in [6.07, 6.45) is -0.567. The van der Waals surface area contributed by atoms with Gasteiger partial charge in [-0.2, -0.15) is 0 Å². The Bertz CT molecular complexity index is 655. The van der Waals surface area contributed by atoms with Crippen LogP contribution in [0.4, 0.5) is 9.93 Å². The quantitative estimate of drug-likeness (QED) is 0.905. The molecular formula is C14H16ClN3O3S. The zero-order chi connectivity index (χ0) is 16.2. The predicted molar refractivity (Wildman–Crippen MR) is 85.5 cm³/mol. The number of nitrogens with zero attached hydrogens (tertiary/aromatic N) is 2. The van der Waals surface area contributed by atoms with Gasteiger partial charge < -0.3 is 9.47 Å². The van der Waals surface area contributed by atoms with Gasteiger partial charge in [-0.1, -0.05) is 35.1 Å². The van der Waals surface area contributed by atoms with Gasteiger partial charge in [0.2, 0.25) is 5.13 Å². The number of nitrogens with one attached hydrogen (secondary N) is 1. The Hall–Kier alpha value is -1.86. The Morgan fingerprint density at radius 1 is 1.32 bits per heavy atom. The van der Waals surface area contributed by atoms with Crippen LogP contribution in [0.1, 0.15) is 25.8 Å². The second-order valence-electron chi connectivity index (χ2n) is 5.35. The second kappa shape index (κ2) is 6.93. The number of ether oxygens (including phenoxy) is 2. The van der Waals surface area contributed by atoms with Crippen molar-refractivity contribution < 1.29 is 14.3 Å². The van der Waals surface area contributed by atoms with E-state index in [4.69, 9.17) is 21.1 Å². The van der Waals surface area contributed by atoms with Crippen molar-refractivity contribution in [2.45, 2.75) is 33.0 Å². The average molecular weight is 342 g/mol. The molecule has 1 N–H and O–H groups in total. The maximum Gasteiger partial charge on any atom is 0.414 e. The van der Waals surface area contributed by atoms with E-state index < -0.39 is 11.7 Å². The number of halogens is 1. The summed E-state index contributed by atoms with van der Waals surface area (Å²) in [6, 6.07) is 7.16. The van der Waals surface area contributed by atoms with Gasteiger partial charge in [-0.05, 0) is 32.9 Å². The summed E-state index contributed by atoms with van der Waals surface area (Å²) in [5.74, 6) is 0.570. The first-order chi connectivity index (χ1) is 10.3. The molecule has 0 saturated heterocycles. The minimum absolute atomic E-state index is 0.220. The Morgan fingerprint density at radius 2 is 2.05 bits per heavy atom. The molecule has 0 fully saturated rings. The van der Waals surface area contributed by atoms with Gasteiger partial charge in [0, 0.05) is 0 Å². The summed E-state index contributed by atoms with van der Waals surface area (Å²) >= 11 is 7.20. The number of hydrogen-bond acceptors (Lipinski definition) is 6. The molecule has 2 rings (SSSR count). The maximum atomic E-state index is 11.6. The molecule has 118 valence electrons. The van der Waals surface area contributed by atoms with E-state index in [9.17, 15) is 4.79 Å². The van der Waals surface area contributed by atoms with Crippen molar-refractivity contribution in [1.82, 2.24) is 10.2 Å². The van der Waals surface area contributed by atoms with Crippen molar-refractivity contribution in [3.8, 4) is 5.75 Å². The summed E-state index contributed by atoms with van der Waals surface area (Å²) in [4.78, 5) is 11.6. The van der Waals surface area contributed by atoms with E-state index in [-0.39, 0.29) is 6.61 Å². The fraction of sp³-hybridized carbons (Fsp3) is 0.357. The van der Waals surface area contributed by atoms with Gasteiger partial charge in [-0.25, -0.2) is 4.79 Å². The van der Waals surface area contributed by atoms with Crippen molar-refractivity contribution >= 4 is 34.2 Å². The molecule has 1 heterocycles. The molecule has 1 aromatic carbocycles. The van der Waals surface area contributed by atoms with Crippen LogP contribution in [0.3, 0.4) is 0 Å². The minimum Gasteiger partial charge on any atom is -0.485 e. The molecule has 0 aliphatic rings. The molecular weight excluding hydrogens is 326 g/mol. The molecule has 0 bridgehead atoms. The highest BCUT2D eigenvalue weighted by molar-refractivity contribution is 7.15. The standard InChI is InChI=1S/C14H16ClN3O3S/c1-14(2,3)21-13(19)16-12-18-17-11(22-12)8-20-10-7-5-4-6-9(10)15/h4-7H,8H2,1-3H3,(H,16,18,19). The number of rotatable bonds is 4. The number of aromatic nitrogens is 2. The van der Waals surface area contributed by atoms with Gasteiger partial charge in [0.05, 0.1) is 5.02 Å². The lowest BCUT2D eigenvalue weighted by atomic mass is 10.2. The molecule has 0 unspecified atom stereocenters. The van der Waals surface area contributed by atoms with Crippen LogP contribution < -0.4 is 10.1 Å². The molecule has 0 spiro atoms. The molecule has 1 amide bonds. The van der Waals surface area contributed by atoms with Crippen LogP contribution in [0.25, 0.3) is 0 Å². The van der Waals surface area contributed by atoms with Crippen LogP contribution >= 0.6 is 22.9 Å². The predicted octanol–water partition coefficient (Wildman–Crippen LogP) is 4.12. The second-order valence-corrected chi connectivity index (χ2v) is 6.82. The molecule has 2 aromatic rings. The van der Waals surface area contributed by atoms with Crippen molar-refractivity contribution in [3.63, 3.8) is 0 Å². The van der Waals surface area contributed by atoms with E-state index >= 15 is 0 Å². The van der Waals surface area contributed by atoms with E-state index in [1.807, 2.05) is 12.1 Å². The van der Waals surface area contributed by atoms with Crippen LogP contribution in [-0.2, 0) is 11.3 Å². The van der Waals surface area contributed by atoms with E-state index in [0.717, 1.165) is 0 Å². The third kappa shape index (κ3) is 5.16. The monoisotopic (exact) mass is 341 g/mol. The van der Waals surface area contributed by atoms with Crippen molar-refractivity contribution in [2.75, 3.05) is 5.32 Å². The van der Waals surface area contributed by atoms with Gasteiger partial charge in [0.25, 0.3) is 0 Å². The van der Waals surface area contributed by atoms with Gasteiger partial charge in [0.1, 0.15) is 18.0 Å². The number of anilines is 1. The third-order valence-corrected chi connectivity index (χ3v) is 3.39. The number of amides is 1.